The number of rotatable bonds is 20. The molecule has 0 bridgehead atoms. The van der Waals surface area contributed by atoms with Crippen molar-refractivity contribution in [1.29, 1.82) is 0 Å². The number of carbonyl (C=O) groups excluding carboxylic acids is 2. The van der Waals surface area contributed by atoms with Crippen molar-refractivity contribution in [3.05, 3.63) is 82.6 Å². The number of fused-ring (bicyclic) bond motifs is 2. The Hall–Kier alpha value is -0.394. The van der Waals surface area contributed by atoms with Gasteiger partial charge in [0.15, 0.2) is 5.71 Å². The van der Waals surface area contributed by atoms with Gasteiger partial charge in [-0.1, -0.05) is 19.9 Å². The van der Waals surface area contributed by atoms with Crippen molar-refractivity contribution in [2.75, 3.05) is 54.1 Å². The summed E-state index contributed by atoms with van der Waals surface area (Å²) < 4.78 is 134. The molecular formula is C37H48KN4Na2O14S4+. The van der Waals surface area contributed by atoms with E-state index in [2.05, 4.69) is 10.6 Å². The molecule has 3 N–H and O–H groups in total. The van der Waals surface area contributed by atoms with Crippen molar-refractivity contribution in [2.45, 2.75) is 64.2 Å². The summed E-state index contributed by atoms with van der Waals surface area (Å²) in [5.74, 6) is -3.73. The second-order valence-corrected chi connectivity index (χ2v) is 21.5. The third-order valence-corrected chi connectivity index (χ3v) is 13.2. The van der Waals surface area contributed by atoms with Crippen LogP contribution in [0.4, 0.5) is 11.4 Å². The molecule has 2 aromatic carbocycles. The van der Waals surface area contributed by atoms with Gasteiger partial charge >= 0.3 is 110 Å². The van der Waals surface area contributed by atoms with E-state index in [1.165, 1.54) is 6.07 Å². The molecule has 0 aromatic heterocycles. The molecule has 2 amide bonds. The maximum atomic E-state index is 13.0. The van der Waals surface area contributed by atoms with Gasteiger partial charge in [0, 0.05) is 77.4 Å². The van der Waals surface area contributed by atoms with Crippen molar-refractivity contribution in [2.24, 2.45) is 0 Å². The van der Waals surface area contributed by atoms with Crippen LogP contribution in [-0.2, 0) is 51.3 Å². The average molecular weight is 986 g/mol. The van der Waals surface area contributed by atoms with E-state index in [4.69, 9.17) is 0 Å². The summed E-state index contributed by atoms with van der Waals surface area (Å²) in [6.45, 7) is 7.56. The largest absolute Gasteiger partial charge is 1.00 e. The van der Waals surface area contributed by atoms with E-state index >= 15 is 0 Å². The third-order valence-electron chi connectivity index (χ3n) is 10.2. The Kier molecular flexibility index (Phi) is 23.1. The topological polar surface area (TPSA) is 290 Å². The number of benzene rings is 2. The van der Waals surface area contributed by atoms with Crippen LogP contribution in [0, 0.1) is 0 Å². The van der Waals surface area contributed by atoms with Gasteiger partial charge in [-0.25, -0.2) is 25.3 Å². The first kappa shape index (κ1) is 59.6. The molecule has 18 nitrogen and oxygen atoms in total. The first-order valence-electron chi connectivity index (χ1n) is 18.5. The fourth-order valence-corrected chi connectivity index (χ4v) is 9.06. The first-order chi connectivity index (χ1) is 27.1. The van der Waals surface area contributed by atoms with Crippen molar-refractivity contribution < 1.29 is 177 Å². The first-order valence-corrected chi connectivity index (χ1v) is 24.9. The summed E-state index contributed by atoms with van der Waals surface area (Å²) in [6, 6.07) is 9.82. The van der Waals surface area contributed by atoms with Gasteiger partial charge in [0.25, 0.3) is 21.9 Å². The molecule has 0 aliphatic carbocycles. The number of nitrogens with zero attached hydrogens (tertiary/aromatic N) is 2. The van der Waals surface area contributed by atoms with E-state index in [1.807, 2.05) is 49.3 Å². The molecular weight excluding hydrogens is 938 g/mol. The van der Waals surface area contributed by atoms with Gasteiger partial charge in [0.2, 0.25) is 5.69 Å². The van der Waals surface area contributed by atoms with E-state index in [9.17, 15) is 61.5 Å². The molecule has 0 radical (unpaired) electrons. The number of hydrogen-bond acceptors (Lipinski definition) is 14. The van der Waals surface area contributed by atoms with E-state index in [-0.39, 0.29) is 148 Å². The Balaban J connectivity index is 0.00000641. The van der Waals surface area contributed by atoms with Crippen LogP contribution in [0.25, 0.3) is 0 Å². The standard InChI is InChI=1S/C37H50N4O14S4.K.2Na/c1-36(2)28-24-26(34(42)38-16-22-58(50,51)52)12-14-30(28)40(18-5-7-20-56(44,45)46)32(36)10-9-11-33-37(3,4)29-25-27(35(43)39-17-23-59(53,54)55)13-15-31(29)41(33)19-6-8-21-57(47,48)49;;;/h9-15,24-25H,5-8,16-23H2,1-4H3,(H5-,38,39,42,43,44,45,46,47,48,49,50,51,52,53,54,55);;;/q;3*+1/p-2. The van der Waals surface area contributed by atoms with E-state index < -0.39 is 86.1 Å². The fraction of sp³-hybridized carbons (Fsp3) is 0.486. The Labute approximate surface area is 451 Å². The second kappa shape index (κ2) is 24.1. The average Bonchev–Trinajstić information content (AvgIpc) is 3.44. The number of nitrogens with one attached hydrogen (secondary N) is 2. The van der Waals surface area contributed by atoms with Gasteiger partial charge in [0.1, 0.15) is 6.54 Å². The maximum absolute atomic E-state index is 13.0. The summed E-state index contributed by atoms with van der Waals surface area (Å²) in [5, 5.41) is 4.88. The molecule has 2 heterocycles. The monoisotopic (exact) mass is 985 g/mol. The molecule has 0 fully saturated rings. The molecule has 2 aromatic rings. The zero-order chi connectivity index (χ0) is 44.2. The van der Waals surface area contributed by atoms with Crippen molar-refractivity contribution in [1.82, 2.24) is 10.6 Å². The van der Waals surface area contributed by atoms with Crippen molar-refractivity contribution in [3.63, 3.8) is 0 Å². The molecule has 0 atom stereocenters. The molecule has 0 saturated heterocycles. The number of hydrogen-bond donors (Lipinski definition) is 3. The molecule has 0 unspecified atom stereocenters. The minimum Gasteiger partial charge on any atom is -0.748 e. The van der Waals surface area contributed by atoms with Crippen molar-refractivity contribution in [3.8, 4) is 0 Å². The predicted octanol–water partition coefficient (Wildman–Crippen LogP) is -7.14. The summed E-state index contributed by atoms with van der Waals surface area (Å²) in [6.07, 6.45) is 6.45. The van der Waals surface area contributed by atoms with Crippen LogP contribution in [0.1, 0.15) is 85.2 Å². The molecule has 326 valence electrons. The van der Waals surface area contributed by atoms with Crippen LogP contribution in [-0.4, -0.2) is 123 Å². The summed E-state index contributed by atoms with van der Waals surface area (Å²) in [7, 11) is -17.7. The number of allylic oxidation sites excluding steroid dienone is 4. The maximum Gasteiger partial charge on any atom is 1.00 e. The Morgan fingerprint density at radius 3 is 1.73 bits per heavy atom. The van der Waals surface area contributed by atoms with Crippen LogP contribution >= 0.6 is 0 Å². The van der Waals surface area contributed by atoms with Crippen LogP contribution in [0.5, 0.6) is 0 Å². The van der Waals surface area contributed by atoms with E-state index in [0.717, 1.165) is 28.2 Å². The van der Waals surface area contributed by atoms with Gasteiger partial charge in [0.05, 0.1) is 53.0 Å². The van der Waals surface area contributed by atoms with Gasteiger partial charge in [-0.15, -0.1) is 0 Å². The van der Waals surface area contributed by atoms with Crippen LogP contribution < -0.4 is 126 Å². The smallest absolute Gasteiger partial charge is 0.748 e. The van der Waals surface area contributed by atoms with Gasteiger partial charge < -0.3 is 29.2 Å². The quantitative estimate of drug-likeness (QED) is 0.0481. The molecule has 25 heteroatoms. The number of anilines is 1. The second-order valence-electron chi connectivity index (χ2n) is 15.3. The molecule has 2 aliphatic rings. The minimum absolute atomic E-state index is 0. The van der Waals surface area contributed by atoms with Gasteiger partial charge in [-0.3, -0.25) is 14.1 Å². The Morgan fingerprint density at radius 2 is 1.21 bits per heavy atom. The van der Waals surface area contributed by atoms with Gasteiger partial charge in [-0.2, -0.15) is 13.0 Å². The zero-order valence-electron chi connectivity index (χ0n) is 36.0. The molecule has 4 rings (SSSR count). The third kappa shape index (κ3) is 17.0. The fourth-order valence-electron chi connectivity index (χ4n) is 7.23. The van der Waals surface area contributed by atoms with Crippen LogP contribution in [0.15, 0.2) is 60.3 Å². The van der Waals surface area contributed by atoms with Crippen molar-refractivity contribution >= 4 is 69.4 Å². The predicted molar refractivity (Wildman–Crippen MR) is 217 cm³/mol. The van der Waals surface area contributed by atoms with Crippen LogP contribution in [0.2, 0.25) is 0 Å². The van der Waals surface area contributed by atoms with E-state index in [1.54, 1.807) is 36.4 Å². The summed E-state index contributed by atoms with van der Waals surface area (Å²) in [5.41, 5.74) is 3.28. The number of unbranched alkanes of at least 4 members (excludes halogenated alkanes) is 2. The number of carbonyl (C=O) groups is 2. The minimum atomic E-state index is -4.55. The molecule has 2 aliphatic heterocycles. The molecule has 0 saturated carbocycles. The SMILES string of the molecule is CC1(C)C(/C=C/C=C2/N(CCCCS(=O)(=O)[O-])c3ccc(C(=O)NCCS(=O)(=O)[O-])cc3C2(C)C)=[N+](CCCCS(=O)(=O)O)c2ccc(C(=O)NCCS(=O)(=O)[O-])cc21.[K+].[Na+].[Na+]. The van der Waals surface area contributed by atoms with Gasteiger partial charge in [-0.05, 0) is 75.1 Å². The summed E-state index contributed by atoms with van der Waals surface area (Å²) in [4.78, 5) is 27.9. The van der Waals surface area contributed by atoms with E-state index in [0.29, 0.717) is 31.6 Å². The molecule has 0 spiro atoms. The van der Waals surface area contributed by atoms with Crippen LogP contribution in [0.3, 0.4) is 0 Å². The number of amides is 2. The Morgan fingerprint density at radius 1 is 0.710 bits per heavy atom. The Bertz CT molecular complexity index is 2530. The normalized spacial score (nSPS) is 16.3. The summed E-state index contributed by atoms with van der Waals surface area (Å²) >= 11 is 0. The zero-order valence-corrected chi connectivity index (χ0v) is 46.4. The molecule has 62 heavy (non-hydrogen) atoms.